The van der Waals surface area contributed by atoms with E-state index in [1.807, 2.05) is 111 Å². The van der Waals surface area contributed by atoms with E-state index in [0.717, 1.165) is 59.7 Å². The van der Waals surface area contributed by atoms with Crippen LogP contribution in [0.5, 0.6) is 17.2 Å². The van der Waals surface area contributed by atoms with E-state index in [0.29, 0.717) is 24.5 Å². The van der Waals surface area contributed by atoms with Gasteiger partial charge in [0.25, 0.3) is 0 Å². The van der Waals surface area contributed by atoms with Crippen molar-refractivity contribution in [3.63, 3.8) is 0 Å². The molecular formula is C36H48N4O5S. The molecule has 4 aromatic rings. The van der Waals surface area contributed by atoms with Gasteiger partial charge in [0, 0.05) is 24.7 Å². The maximum atomic E-state index is 12.3. The molecule has 0 bridgehead atoms. The lowest BCUT2D eigenvalue weighted by Gasteiger charge is -2.11. The highest BCUT2D eigenvalue weighted by Gasteiger charge is 2.22. The van der Waals surface area contributed by atoms with E-state index in [1.165, 1.54) is 17.3 Å². The monoisotopic (exact) mass is 648 g/mol. The number of amides is 3. The largest absolute Gasteiger partial charge is 0.486 e. The number of hydrogen-bond donors (Lipinski definition) is 2. The first-order chi connectivity index (χ1) is 22.4. The molecule has 9 nitrogen and oxygen atoms in total. The minimum Gasteiger partial charge on any atom is -0.486 e. The van der Waals surface area contributed by atoms with Crippen LogP contribution in [-0.4, -0.2) is 39.8 Å². The number of imidazole rings is 1. The molecule has 1 aliphatic rings. The second-order valence-electron chi connectivity index (χ2n) is 10.1. The molecule has 0 atom stereocenters. The first-order valence-corrected chi connectivity index (χ1v) is 17.2. The van der Waals surface area contributed by atoms with E-state index < -0.39 is 0 Å². The van der Waals surface area contributed by atoms with Crippen LogP contribution in [0, 0.1) is 12.8 Å². The van der Waals surface area contributed by atoms with Gasteiger partial charge in [-0.05, 0) is 74.6 Å². The number of carbonyl (C=O) groups excluding carboxylic acids is 3. The van der Waals surface area contributed by atoms with Crippen molar-refractivity contribution in [1.82, 2.24) is 14.9 Å². The molecule has 5 rings (SSSR count). The summed E-state index contributed by atoms with van der Waals surface area (Å²) in [5.41, 5.74) is 3.86. The van der Waals surface area contributed by atoms with Gasteiger partial charge in [-0.1, -0.05) is 58.2 Å². The fraction of sp³-hybridized carbons (Fsp3) is 0.389. The number of thioether (sulfide) groups is 1. The van der Waals surface area contributed by atoms with Crippen LogP contribution in [0.2, 0.25) is 0 Å². The van der Waals surface area contributed by atoms with Crippen LogP contribution >= 0.6 is 11.8 Å². The van der Waals surface area contributed by atoms with Crippen molar-refractivity contribution in [3.8, 4) is 17.2 Å². The van der Waals surface area contributed by atoms with E-state index in [2.05, 4.69) is 12.2 Å². The molecule has 3 amide bonds. The van der Waals surface area contributed by atoms with Crippen LogP contribution in [0.25, 0.3) is 11.0 Å². The van der Waals surface area contributed by atoms with Crippen LogP contribution in [0.4, 0.5) is 5.69 Å². The number of hydrogen-bond acceptors (Lipinski definition) is 7. The van der Waals surface area contributed by atoms with Gasteiger partial charge in [-0.2, -0.15) is 11.8 Å². The highest BCUT2D eigenvalue weighted by Crippen LogP contribution is 2.29. The summed E-state index contributed by atoms with van der Waals surface area (Å²) in [5, 5.41) is 5.02. The number of nitrogens with zero attached hydrogens (tertiary/aromatic N) is 2. The number of benzene rings is 3. The number of aromatic nitrogens is 2. The first kappa shape index (κ1) is 37.9. The average Bonchev–Trinajstić information content (AvgIpc) is 3.73. The average molecular weight is 649 g/mol. The molecule has 248 valence electrons. The summed E-state index contributed by atoms with van der Waals surface area (Å²) in [6.45, 7) is 10.4. The molecule has 10 heteroatoms. The Labute approximate surface area is 277 Å². The van der Waals surface area contributed by atoms with Crippen LogP contribution in [-0.2, 0) is 28.0 Å². The summed E-state index contributed by atoms with van der Waals surface area (Å²) in [6.07, 6.45) is 6.45. The number of imide groups is 1. The standard InChI is InChI=1S/C28H29N3O3.C4H7NO2S.2C2H6/c1-19-7-11-22(12-8-19)33-18-27-30-25-16-15-24(17-26(25)31(27)2)34-23-13-9-21(10-14-23)29-28(32)20-5-3-4-6-20;1-8-2-4(7)5-3-6;2*1-2/h7-17,20H,3-6,18H2,1-2H3,(H,29,32);3H,2H2,1H3,(H,5,6,7);2*1-2H3. The van der Waals surface area contributed by atoms with Crippen molar-refractivity contribution in [2.45, 2.75) is 66.9 Å². The van der Waals surface area contributed by atoms with Gasteiger partial charge in [-0.25, -0.2) is 4.98 Å². The lowest BCUT2D eigenvalue weighted by atomic mass is 10.1. The highest BCUT2D eigenvalue weighted by atomic mass is 32.2. The van der Waals surface area contributed by atoms with Gasteiger partial charge in [-0.15, -0.1) is 0 Å². The molecular weight excluding hydrogens is 600 g/mol. The van der Waals surface area contributed by atoms with Crippen LogP contribution in [0.15, 0.2) is 66.7 Å². The third-order valence-electron chi connectivity index (χ3n) is 6.91. The molecule has 1 heterocycles. The van der Waals surface area contributed by atoms with Crippen molar-refractivity contribution < 1.29 is 23.9 Å². The van der Waals surface area contributed by atoms with Gasteiger partial charge >= 0.3 is 0 Å². The SMILES string of the molecule is CC.CC.CSCC(=O)NC=O.Cc1ccc(OCc2nc3ccc(Oc4ccc(NC(=O)C5CCCC5)cc4)cc3n2C)cc1. The molecule has 1 saturated carbocycles. The Balaban J connectivity index is 0.000000532. The molecule has 0 saturated heterocycles. The van der Waals surface area contributed by atoms with Crippen molar-refractivity contribution in [1.29, 1.82) is 0 Å². The van der Waals surface area contributed by atoms with Gasteiger partial charge in [0.1, 0.15) is 29.7 Å². The van der Waals surface area contributed by atoms with Crippen LogP contribution in [0.3, 0.4) is 0 Å². The lowest BCUT2D eigenvalue weighted by Crippen LogP contribution is -2.22. The number of anilines is 1. The predicted molar refractivity (Wildman–Crippen MR) is 189 cm³/mol. The van der Waals surface area contributed by atoms with Crippen molar-refractivity contribution in [2.75, 3.05) is 17.3 Å². The van der Waals surface area contributed by atoms with Gasteiger partial charge < -0.3 is 19.4 Å². The molecule has 1 fully saturated rings. The third-order valence-corrected chi connectivity index (χ3v) is 7.46. The zero-order chi connectivity index (χ0) is 33.9. The number of carbonyl (C=O) groups is 3. The maximum Gasteiger partial charge on any atom is 0.236 e. The van der Waals surface area contributed by atoms with Crippen molar-refractivity contribution in [2.24, 2.45) is 13.0 Å². The summed E-state index contributed by atoms with van der Waals surface area (Å²) >= 11 is 1.38. The molecule has 0 spiro atoms. The topological polar surface area (TPSA) is 112 Å². The third kappa shape index (κ3) is 11.9. The summed E-state index contributed by atoms with van der Waals surface area (Å²) in [6, 6.07) is 21.4. The summed E-state index contributed by atoms with van der Waals surface area (Å²) in [4.78, 5) is 36.9. The van der Waals surface area contributed by atoms with E-state index in [4.69, 9.17) is 14.5 Å². The minimum atomic E-state index is -0.243. The number of fused-ring (bicyclic) bond motifs is 1. The van der Waals surface area contributed by atoms with Crippen molar-refractivity contribution >= 4 is 46.7 Å². The number of ether oxygens (including phenoxy) is 2. The normalized spacial score (nSPS) is 11.9. The number of aryl methyl sites for hydroxylation is 2. The quantitative estimate of drug-likeness (QED) is 0.167. The smallest absolute Gasteiger partial charge is 0.236 e. The molecule has 0 unspecified atom stereocenters. The lowest BCUT2D eigenvalue weighted by molar-refractivity contribution is -0.123. The maximum absolute atomic E-state index is 12.3. The zero-order valence-electron chi connectivity index (χ0n) is 28.1. The number of nitrogens with one attached hydrogen (secondary N) is 2. The van der Waals surface area contributed by atoms with E-state index >= 15 is 0 Å². The van der Waals surface area contributed by atoms with Gasteiger partial charge in [0.05, 0.1) is 16.8 Å². The van der Waals surface area contributed by atoms with E-state index in [9.17, 15) is 14.4 Å². The Kier molecular flexibility index (Phi) is 17.0. The zero-order valence-corrected chi connectivity index (χ0v) is 28.9. The molecule has 3 aromatic carbocycles. The number of rotatable bonds is 10. The Morgan fingerprint density at radius 2 is 1.54 bits per heavy atom. The van der Waals surface area contributed by atoms with Gasteiger partial charge in [0.15, 0.2) is 0 Å². The fourth-order valence-electron chi connectivity index (χ4n) is 4.61. The van der Waals surface area contributed by atoms with Crippen LogP contribution in [0.1, 0.15) is 64.8 Å². The van der Waals surface area contributed by atoms with Gasteiger partial charge in [0.2, 0.25) is 18.2 Å². The minimum absolute atomic E-state index is 0.120. The summed E-state index contributed by atoms with van der Waals surface area (Å²) in [7, 11) is 1.98. The fourth-order valence-corrected chi connectivity index (χ4v) is 4.95. The van der Waals surface area contributed by atoms with Gasteiger partial charge in [-0.3, -0.25) is 19.7 Å². The second-order valence-corrected chi connectivity index (χ2v) is 10.9. The second kappa shape index (κ2) is 20.7. The van der Waals surface area contributed by atoms with E-state index in [1.54, 1.807) is 6.26 Å². The Hall–Kier alpha value is -4.31. The van der Waals surface area contributed by atoms with E-state index in [-0.39, 0.29) is 17.7 Å². The summed E-state index contributed by atoms with van der Waals surface area (Å²) in [5.74, 6) is 3.47. The molecule has 2 N–H and O–H groups in total. The molecule has 46 heavy (non-hydrogen) atoms. The Morgan fingerprint density at radius 3 is 2.15 bits per heavy atom. The van der Waals surface area contributed by atoms with Crippen LogP contribution < -0.4 is 20.1 Å². The molecule has 0 radical (unpaired) electrons. The molecule has 1 aromatic heterocycles. The van der Waals surface area contributed by atoms with Crippen molar-refractivity contribution in [3.05, 3.63) is 78.1 Å². The molecule has 1 aliphatic carbocycles. The predicted octanol–water partition coefficient (Wildman–Crippen LogP) is 8.06. The first-order valence-electron chi connectivity index (χ1n) is 15.8. The Morgan fingerprint density at radius 1 is 0.935 bits per heavy atom. The Bertz CT molecular complexity index is 1500. The summed E-state index contributed by atoms with van der Waals surface area (Å²) < 4.78 is 14.0. The molecule has 0 aliphatic heterocycles. The highest BCUT2D eigenvalue weighted by molar-refractivity contribution is 7.99.